The van der Waals surface area contributed by atoms with Crippen molar-refractivity contribution in [3.63, 3.8) is 0 Å². The van der Waals surface area contributed by atoms with E-state index < -0.39 is 0 Å². The van der Waals surface area contributed by atoms with Crippen LogP contribution in [0.5, 0.6) is 0 Å². The molecule has 6 nitrogen and oxygen atoms in total. The van der Waals surface area contributed by atoms with Crippen LogP contribution in [0.2, 0.25) is 0 Å². The van der Waals surface area contributed by atoms with E-state index in [1.165, 1.54) is 35.1 Å². The number of H-pyrrole nitrogens is 1. The van der Waals surface area contributed by atoms with Crippen LogP contribution in [0.4, 0.5) is 10.1 Å². The number of halogens is 1. The third kappa shape index (κ3) is 5.82. The molecule has 0 aliphatic carbocycles. The van der Waals surface area contributed by atoms with Crippen molar-refractivity contribution in [2.24, 2.45) is 0 Å². The zero-order chi connectivity index (χ0) is 23.4. The summed E-state index contributed by atoms with van der Waals surface area (Å²) in [6.07, 6.45) is 0.0432. The monoisotopic (exact) mass is 466 g/mol. The number of aromatic amines is 1. The quantitative estimate of drug-likeness (QED) is 0.443. The number of nitrogens with zero attached hydrogens (tertiary/aromatic N) is 3. The van der Waals surface area contributed by atoms with Crippen LogP contribution < -0.4 is 10.5 Å². The van der Waals surface area contributed by atoms with Crippen molar-refractivity contribution in [2.75, 3.05) is 31.1 Å². The van der Waals surface area contributed by atoms with E-state index in [1.54, 1.807) is 19.1 Å². The topological polar surface area (TPSA) is 69.3 Å². The number of rotatable bonds is 6. The Morgan fingerprint density at radius 3 is 2.48 bits per heavy atom. The minimum absolute atomic E-state index is 0.0432. The summed E-state index contributed by atoms with van der Waals surface area (Å²) in [7, 11) is 0. The van der Waals surface area contributed by atoms with Crippen LogP contribution in [0.1, 0.15) is 22.4 Å². The number of piperazine rings is 1. The second-order valence-corrected chi connectivity index (χ2v) is 9.20. The first-order chi connectivity index (χ1) is 15.9. The van der Waals surface area contributed by atoms with Crippen molar-refractivity contribution >= 4 is 23.4 Å². The molecule has 0 spiro atoms. The number of anilines is 1. The Morgan fingerprint density at radius 1 is 1.09 bits per heavy atom. The number of hydrogen-bond acceptors (Lipinski definition) is 5. The Kier molecular flexibility index (Phi) is 7.13. The summed E-state index contributed by atoms with van der Waals surface area (Å²) in [6, 6.07) is 14.6. The molecule has 1 amide bonds. The molecule has 1 fully saturated rings. The van der Waals surface area contributed by atoms with Gasteiger partial charge in [0.25, 0.3) is 5.56 Å². The summed E-state index contributed by atoms with van der Waals surface area (Å²) in [5.41, 5.74) is 4.01. The normalized spacial score (nSPS) is 13.9. The summed E-state index contributed by atoms with van der Waals surface area (Å²) in [5, 5.41) is 0.491. The van der Waals surface area contributed by atoms with Crippen molar-refractivity contribution in [3.05, 3.63) is 87.1 Å². The highest BCUT2D eigenvalue weighted by Crippen LogP contribution is 2.20. The van der Waals surface area contributed by atoms with Crippen LogP contribution >= 0.6 is 11.8 Å². The molecule has 172 valence electrons. The van der Waals surface area contributed by atoms with E-state index in [0.717, 1.165) is 18.7 Å². The molecule has 1 aliphatic rings. The van der Waals surface area contributed by atoms with Gasteiger partial charge in [-0.25, -0.2) is 9.37 Å². The molecule has 0 saturated carbocycles. The Bertz CT molecular complexity index is 1190. The predicted molar refractivity (Wildman–Crippen MR) is 129 cm³/mol. The van der Waals surface area contributed by atoms with E-state index in [9.17, 15) is 14.0 Å². The van der Waals surface area contributed by atoms with Crippen LogP contribution in [-0.2, 0) is 17.0 Å². The molecular weight excluding hydrogens is 439 g/mol. The number of aromatic nitrogens is 2. The lowest BCUT2D eigenvalue weighted by atomic mass is 10.1. The number of carbonyl (C=O) groups excluding carboxylic acids is 1. The van der Waals surface area contributed by atoms with E-state index in [4.69, 9.17) is 0 Å². The number of hydrogen-bond donors (Lipinski definition) is 1. The SMILES string of the molecule is Cc1cccc(N2CCN(C(=O)Cc3c(C)nc(SCc4ccc(F)cc4)[nH]c3=O)CC2)c1. The number of nitrogens with one attached hydrogen (secondary N) is 1. The highest BCUT2D eigenvalue weighted by Gasteiger charge is 2.23. The van der Waals surface area contributed by atoms with Gasteiger partial charge in [0.05, 0.1) is 6.42 Å². The first-order valence-corrected chi connectivity index (χ1v) is 11.9. The number of aryl methyl sites for hydroxylation is 2. The van der Waals surface area contributed by atoms with Crippen molar-refractivity contribution in [1.29, 1.82) is 0 Å². The maximum Gasteiger partial charge on any atom is 0.255 e. The lowest BCUT2D eigenvalue weighted by Crippen LogP contribution is -2.49. The molecule has 0 bridgehead atoms. The molecule has 2 heterocycles. The molecule has 3 aromatic rings. The average molecular weight is 467 g/mol. The van der Waals surface area contributed by atoms with Crippen LogP contribution in [-0.4, -0.2) is 47.0 Å². The number of carbonyl (C=O) groups is 1. The van der Waals surface area contributed by atoms with Gasteiger partial charge in [0.1, 0.15) is 5.82 Å². The van der Waals surface area contributed by atoms with E-state index in [1.807, 2.05) is 11.0 Å². The fourth-order valence-corrected chi connectivity index (χ4v) is 4.76. The van der Waals surface area contributed by atoms with E-state index in [0.29, 0.717) is 35.3 Å². The van der Waals surface area contributed by atoms with E-state index in [2.05, 4.69) is 40.0 Å². The van der Waals surface area contributed by atoms with Crippen molar-refractivity contribution < 1.29 is 9.18 Å². The number of amides is 1. The van der Waals surface area contributed by atoms with Gasteiger partial charge >= 0.3 is 0 Å². The fraction of sp³-hybridized carbons (Fsp3) is 0.320. The van der Waals surface area contributed by atoms with Gasteiger partial charge in [0.15, 0.2) is 5.16 Å². The molecule has 0 atom stereocenters. The Labute approximate surface area is 196 Å². The molecule has 1 aromatic heterocycles. The van der Waals surface area contributed by atoms with Crippen molar-refractivity contribution in [3.8, 4) is 0 Å². The van der Waals surface area contributed by atoms with Gasteiger partial charge in [-0.1, -0.05) is 36.0 Å². The predicted octanol–water partition coefficient (Wildman–Crippen LogP) is 3.71. The molecule has 0 unspecified atom stereocenters. The molecule has 1 saturated heterocycles. The zero-order valence-electron chi connectivity index (χ0n) is 18.8. The van der Waals surface area contributed by atoms with Crippen LogP contribution in [0.3, 0.4) is 0 Å². The molecule has 33 heavy (non-hydrogen) atoms. The van der Waals surface area contributed by atoms with Gasteiger partial charge < -0.3 is 14.8 Å². The zero-order valence-corrected chi connectivity index (χ0v) is 19.6. The van der Waals surface area contributed by atoms with Gasteiger partial charge in [0, 0.05) is 48.9 Å². The lowest BCUT2D eigenvalue weighted by molar-refractivity contribution is -0.130. The summed E-state index contributed by atoms with van der Waals surface area (Å²) in [4.78, 5) is 36.9. The van der Waals surface area contributed by atoms with Crippen molar-refractivity contribution in [2.45, 2.75) is 31.2 Å². The largest absolute Gasteiger partial charge is 0.368 e. The Hall–Kier alpha value is -3.13. The maximum atomic E-state index is 13.1. The number of benzene rings is 2. The van der Waals surface area contributed by atoms with Gasteiger partial charge in [-0.3, -0.25) is 9.59 Å². The third-order valence-corrected chi connectivity index (χ3v) is 6.76. The van der Waals surface area contributed by atoms with E-state index in [-0.39, 0.29) is 23.7 Å². The smallest absolute Gasteiger partial charge is 0.255 e. The molecular formula is C25H27FN4O2S. The first kappa shape index (κ1) is 23.0. The van der Waals surface area contributed by atoms with Gasteiger partial charge in [0.2, 0.25) is 5.91 Å². The second-order valence-electron chi connectivity index (χ2n) is 8.23. The Morgan fingerprint density at radius 2 is 1.82 bits per heavy atom. The van der Waals surface area contributed by atoms with Gasteiger partial charge in [-0.2, -0.15) is 0 Å². The molecule has 1 N–H and O–H groups in total. The average Bonchev–Trinajstić information content (AvgIpc) is 2.81. The van der Waals surface area contributed by atoms with Crippen molar-refractivity contribution in [1.82, 2.24) is 14.9 Å². The summed E-state index contributed by atoms with van der Waals surface area (Å²) in [5.74, 6) is 0.226. The Balaban J connectivity index is 1.35. The second kappa shape index (κ2) is 10.2. The molecule has 1 aliphatic heterocycles. The van der Waals surface area contributed by atoms with E-state index >= 15 is 0 Å². The number of thioether (sulfide) groups is 1. The minimum Gasteiger partial charge on any atom is -0.368 e. The summed E-state index contributed by atoms with van der Waals surface area (Å²) < 4.78 is 13.1. The van der Waals surface area contributed by atoms with Gasteiger partial charge in [-0.05, 0) is 49.2 Å². The first-order valence-electron chi connectivity index (χ1n) is 11.0. The molecule has 4 rings (SSSR count). The molecule has 8 heteroatoms. The third-order valence-electron chi connectivity index (χ3n) is 5.82. The standard InChI is InChI=1S/C25H27FN4O2S/c1-17-4-3-5-21(14-17)29-10-12-30(13-11-29)23(31)15-22-18(2)27-25(28-24(22)32)33-16-19-6-8-20(26)9-7-19/h3-9,14H,10-13,15-16H2,1-2H3,(H,27,28,32). The highest BCUT2D eigenvalue weighted by molar-refractivity contribution is 7.98. The molecule has 0 radical (unpaired) electrons. The summed E-state index contributed by atoms with van der Waals surface area (Å²) >= 11 is 1.37. The highest BCUT2D eigenvalue weighted by atomic mass is 32.2. The van der Waals surface area contributed by atoms with Crippen LogP contribution in [0, 0.1) is 19.7 Å². The minimum atomic E-state index is -0.282. The maximum absolute atomic E-state index is 13.1. The summed E-state index contributed by atoms with van der Waals surface area (Å²) in [6.45, 7) is 6.62. The fourth-order valence-electron chi connectivity index (χ4n) is 3.90. The van der Waals surface area contributed by atoms with Crippen LogP contribution in [0.15, 0.2) is 58.5 Å². The van der Waals surface area contributed by atoms with Gasteiger partial charge in [-0.15, -0.1) is 0 Å². The van der Waals surface area contributed by atoms with Crippen LogP contribution in [0.25, 0.3) is 0 Å². The molecule has 2 aromatic carbocycles. The lowest BCUT2D eigenvalue weighted by Gasteiger charge is -2.36.